The van der Waals surface area contributed by atoms with Crippen LogP contribution >= 0.6 is 0 Å². The van der Waals surface area contributed by atoms with Crippen LogP contribution in [0.1, 0.15) is 137 Å². The molecule has 88 heavy (non-hydrogen) atoms. The molecule has 0 N–H and O–H groups in total. The number of nitrogens with zero attached hydrogens (tertiary/aromatic N) is 4. The van der Waals surface area contributed by atoms with Crippen molar-refractivity contribution in [1.82, 2.24) is 14.1 Å². The third-order valence-electron chi connectivity index (χ3n) is 16.6. The van der Waals surface area contributed by atoms with E-state index in [0.717, 1.165) is 27.4 Å². The van der Waals surface area contributed by atoms with Crippen LogP contribution in [0, 0.1) is 18.5 Å². The Morgan fingerprint density at radius 3 is 1.98 bits per heavy atom. The quantitative estimate of drug-likeness (QED) is 0.118. The van der Waals surface area contributed by atoms with E-state index in [-0.39, 0.29) is 82.4 Å². The number of aromatic nitrogens is 4. The molecule has 3 aromatic heterocycles. The largest absolute Gasteiger partial charge is 0.510 e. The van der Waals surface area contributed by atoms with Gasteiger partial charge in [0.25, 0.3) is 6.33 Å². The molecule has 10 aromatic carbocycles. The minimum Gasteiger partial charge on any atom is -0.510 e. The molecule has 13 aromatic rings. The maximum absolute atomic E-state index is 10.5. The van der Waals surface area contributed by atoms with Gasteiger partial charge < -0.3 is 13.9 Å². The zero-order valence-electron chi connectivity index (χ0n) is 72.7. The van der Waals surface area contributed by atoms with E-state index in [4.69, 9.17) is 22.1 Å². The van der Waals surface area contributed by atoms with Gasteiger partial charge in [0.2, 0.25) is 0 Å². The van der Waals surface area contributed by atoms with E-state index < -0.39 is 116 Å². The van der Waals surface area contributed by atoms with Gasteiger partial charge in [0, 0.05) is 66.2 Å². The summed E-state index contributed by atoms with van der Waals surface area (Å²) in [6.45, 7) is -4.70. The zero-order valence-corrected chi connectivity index (χ0v) is 51.0. The second-order valence-corrected chi connectivity index (χ2v) is 24.3. The van der Waals surface area contributed by atoms with Crippen LogP contribution in [-0.4, -0.2) is 14.1 Å². The van der Waals surface area contributed by atoms with Gasteiger partial charge in [-0.2, -0.15) is 18.2 Å². The average Bonchev–Trinajstić information content (AvgIpc) is 0.701. The maximum atomic E-state index is 10.5. The van der Waals surface area contributed by atoms with E-state index in [2.05, 4.69) is 60.0 Å². The molecule has 1 aliphatic carbocycles. The standard InChI is InChI=1S/C82H70N4O.Pt/c1-79(2,3)56-36-33-53(34-37-56)62-29-20-31-68-76-61(52-21-12-11-13-22-52)28-19-30-67(76)63-25-14-15-26-64(63)69-45-55(54-35-40-70-71(46-54)82(9,10)43-42-81(70,7)8)47-74-78(69)85(77(62)68)51-84(74)58-23-18-24-59(49-58)87-60-38-39-66-65-27-16-17-32-72(65)86(73(66)50-60)75-48-57(41-44-83-75)80(4,5)6;/h11-41,44-48H,42-43H2,1-10H3;/q-2;/i7D3,8D3,9D3,10D3,11D,12D,13D,21D,22D,35D,40D,42D2,43D2,46D;. The first-order chi connectivity index (χ1) is 51.8. The minimum atomic E-state index is -4.60. The van der Waals surface area contributed by atoms with Gasteiger partial charge in [-0.25, -0.2) is 4.98 Å². The van der Waals surface area contributed by atoms with Crippen molar-refractivity contribution in [2.24, 2.45) is 0 Å². The first-order valence-electron chi connectivity index (χ1n) is 40.6. The molecule has 5 nitrogen and oxygen atoms in total. The van der Waals surface area contributed by atoms with Crippen LogP contribution in [0.15, 0.2) is 218 Å². The second-order valence-electron chi connectivity index (χ2n) is 24.3. The minimum absolute atomic E-state index is 0. The number of fused-ring (bicyclic) bond motifs is 11. The molecule has 0 unspecified atom stereocenters. The van der Waals surface area contributed by atoms with Gasteiger partial charge in [0.1, 0.15) is 5.82 Å². The summed E-state index contributed by atoms with van der Waals surface area (Å²) in [5.74, 6) is 1.02. The predicted octanol–water partition coefficient (Wildman–Crippen LogP) is 20.8. The fourth-order valence-corrected chi connectivity index (χ4v) is 12.3. The summed E-state index contributed by atoms with van der Waals surface area (Å²) in [5.41, 5.74) is -5.74. The van der Waals surface area contributed by atoms with Gasteiger partial charge in [0.05, 0.1) is 27.7 Å². The maximum Gasteiger partial charge on any atom is 0.268 e. The van der Waals surface area contributed by atoms with Crippen molar-refractivity contribution in [3.8, 4) is 95.5 Å². The van der Waals surface area contributed by atoms with Crippen LogP contribution < -0.4 is 9.30 Å². The molecular formula is C82H70N4OPt-2. The van der Waals surface area contributed by atoms with Gasteiger partial charge in [-0.15, -0.1) is 29.7 Å². The number of ether oxygens (including phenoxy) is 1. The van der Waals surface area contributed by atoms with Gasteiger partial charge in [-0.3, -0.25) is 4.57 Å². The molecule has 4 heterocycles. The zero-order chi connectivity index (χ0) is 80.3. The number of imidazole rings is 1. The SMILES string of the molecule is [2H]c1c([2H])c([2H])c(-c2cccc3c2-c2cccc(-c4ccc(C(C)(C)C)cc4)c2-[n+]2[c-]n(-c4[c-]c(Oc5[c-]c6c(cc5)c5ccccc5n6-c5cc(C(C)(C)C)ccn5)ccc4)c4cc(-c5c([2H])c([2H])c6c(c5[2H])C(C([2H])([2H])[2H])(C([2H])([2H])[2H])C([2H])([2H])C([2H])([2H])C6(C([2H])([2H])[2H])C([2H])([2H])[2H])cc(c42)-c2ccccc2-3)c([2H])c1[2H].[Pt]. The molecule has 0 atom stereocenters. The van der Waals surface area contributed by atoms with Crippen LogP contribution in [0.3, 0.4) is 0 Å². The van der Waals surface area contributed by atoms with Crippen LogP contribution in [0.4, 0.5) is 0 Å². The number of hydrogen-bond acceptors (Lipinski definition) is 2. The summed E-state index contributed by atoms with van der Waals surface area (Å²) in [7, 11) is 0. The Bertz CT molecular complexity index is 6040. The molecule has 0 amide bonds. The Balaban J connectivity index is 0.0000104. The van der Waals surface area contributed by atoms with Crippen LogP contribution in [0.5, 0.6) is 11.5 Å². The van der Waals surface area contributed by atoms with Crippen molar-refractivity contribution < 1.29 is 63.3 Å². The molecule has 436 valence electrons. The van der Waals surface area contributed by atoms with Gasteiger partial charge in [-0.05, 0) is 159 Å². The molecule has 0 bridgehead atoms. The third-order valence-corrected chi connectivity index (χ3v) is 16.6. The monoisotopic (exact) mass is 1350 g/mol. The van der Waals surface area contributed by atoms with E-state index >= 15 is 0 Å². The fraction of sp³-hybridized carbons (Fsp3) is 0.195. The first-order valence-corrected chi connectivity index (χ1v) is 28.6. The Morgan fingerprint density at radius 1 is 0.545 bits per heavy atom. The van der Waals surface area contributed by atoms with E-state index in [1.165, 1.54) is 12.1 Å². The molecule has 0 saturated carbocycles. The number of rotatable bonds is 7. The number of benzene rings is 10. The fourth-order valence-electron chi connectivity index (χ4n) is 12.3. The Morgan fingerprint density at radius 2 is 1.22 bits per heavy atom. The van der Waals surface area contributed by atoms with Crippen LogP contribution in [-0.2, 0) is 42.7 Å². The third kappa shape index (κ3) is 9.56. The number of para-hydroxylation sites is 2. The summed E-state index contributed by atoms with van der Waals surface area (Å²) in [4.78, 5) is 4.85. The number of pyridine rings is 1. The normalized spacial score (nSPS) is 19.7. The van der Waals surface area contributed by atoms with Gasteiger partial charge in [-0.1, -0.05) is 232 Å². The molecule has 2 aliphatic rings. The van der Waals surface area contributed by atoms with E-state index in [1.807, 2.05) is 89.5 Å². The van der Waals surface area contributed by atoms with Gasteiger partial charge >= 0.3 is 0 Å². The Hall–Kier alpha value is -8.89. The van der Waals surface area contributed by atoms with E-state index in [0.29, 0.717) is 56.0 Å². The summed E-state index contributed by atoms with van der Waals surface area (Å²) < 4.78 is 236. The molecule has 0 fully saturated rings. The molecule has 0 radical (unpaired) electrons. The molecular weight excluding hydrogens is 1250 g/mol. The molecule has 0 saturated heterocycles. The van der Waals surface area contributed by atoms with Crippen molar-refractivity contribution >= 4 is 32.8 Å². The topological polar surface area (TPSA) is 35.9 Å². The molecule has 6 heteroatoms. The van der Waals surface area contributed by atoms with Crippen LogP contribution in [0.25, 0.3) is 117 Å². The number of hydrogen-bond donors (Lipinski definition) is 0. The van der Waals surface area contributed by atoms with Crippen molar-refractivity contribution in [3.05, 3.63) is 259 Å². The van der Waals surface area contributed by atoms with Crippen molar-refractivity contribution in [2.75, 3.05) is 0 Å². The predicted molar refractivity (Wildman–Crippen MR) is 359 cm³/mol. The summed E-state index contributed by atoms with van der Waals surface area (Å²) >= 11 is 0. The van der Waals surface area contributed by atoms with E-state index in [1.54, 1.807) is 82.1 Å². The summed E-state index contributed by atoms with van der Waals surface area (Å²) in [6.07, 6.45) is -3.77. The second kappa shape index (κ2) is 21.2. The Kier molecular flexibility index (Phi) is 8.61. The van der Waals surface area contributed by atoms with Gasteiger partial charge in [0.15, 0.2) is 0 Å². The van der Waals surface area contributed by atoms with Crippen molar-refractivity contribution in [2.45, 2.75) is 103 Å². The van der Waals surface area contributed by atoms with Crippen LogP contribution in [0.2, 0.25) is 0 Å². The first kappa shape index (κ1) is 35.8. The Labute approximate surface area is 566 Å². The van der Waals surface area contributed by atoms with Crippen molar-refractivity contribution in [1.29, 1.82) is 0 Å². The van der Waals surface area contributed by atoms with E-state index in [9.17, 15) is 20.6 Å². The van der Waals surface area contributed by atoms with Crippen molar-refractivity contribution in [3.63, 3.8) is 0 Å². The molecule has 1 aliphatic heterocycles. The summed E-state index contributed by atoms with van der Waals surface area (Å²) in [6, 6.07) is 49.1. The molecule has 0 spiro atoms. The average molecular weight is 1350 g/mol. The smallest absolute Gasteiger partial charge is 0.268 e. The molecule has 15 rings (SSSR count). The summed E-state index contributed by atoms with van der Waals surface area (Å²) in [5, 5.41) is 1.78.